The van der Waals surface area contributed by atoms with Gasteiger partial charge in [0.2, 0.25) is 0 Å². The number of carboxylic acid groups (broad SMARTS) is 1. The molecule has 0 spiro atoms. The number of aromatic carboxylic acids is 1. The molecule has 2 nitrogen and oxygen atoms in total. The quantitative estimate of drug-likeness (QED) is 0.751. The summed E-state index contributed by atoms with van der Waals surface area (Å²) in [5.41, 5.74) is 0.582. The Labute approximate surface area is 105 Å². The summed E-state index contributed by atoms with van der Waals surface area (Å²) in [4.78, 5) is 10.6. The molecule has 0 aliphatic carbocycles. The average Bonchev–Trinajstić information content (AvgIpc) is 2.30. The van der Waals surface area contributed by atoms with Crippen LogP contribution >= 0.6 is 11.8 Å². The van der Waals surface area contributed by atoms with E-state index in [4.69, 9.17) is 5.11 Å². The molecule has 1 rings (SSSR count). The second-order valence-corrected chi connectivity index (χ2v) is 4.98. The van der Waals surface area contributed by atoms with Gasteiger partial charge >= 0.3 is 5.97 Å². The van der Waals surface area contributed by atoms with Crippen LogP contribution in [-0.4, -0.2) is 16.8 Å². The fraction of sp³-hybridized carbons (Fsp3) is 0.462. The predicted octanol–water partition coefficient (Wildman–Crippen LogP) is 3.95. The van der Waals surface area contributed by atoms with Gasteiger partial charge in [0.1, 0.15) is 5.82 Å². The molecule has 1 aromatic rings. The molecular formula is C13H17FO2S. The van der Waals surface area contributed by atoms with Gasteiger partial charge < -0.3 is 5.11 Å². The summed E-state index contributed by atoms with van der Waals surface area (Å²) in [6.45, 7) is 2.15. The van der Waals surface area contributed by atoms with Gasteiger partial charge in [0.15, 0.2) is 0 Å². The normalized spacial score (nSPS) is 10.5. The molecule has 94 valence electrons. The number of benzene rings is 1. The Balaban J connectivity index is 2.46. The molecular weight excluding hydrogens is 239 g/mol. The van der Waals surface area contributed by atoms with Crippen LogP contribution in [0.4, 0.5) is 4.39 Å². The van der Waals surface area contributed by atoms with Gasteiger partial charge in [-0.15, -0.1) is 0 Å². The number of unbranched alkanes of at least 4 members (excludes halogenated alkanes) is 2. The first-order chi connectivity index (χ1) is 8.15. The molecule has 0 saturated carbocycles. The number of halogens is 1. The second-order valence-electron chi connectivity index (χ2n) is 3.87. The largest absolute Gasteiger partial charge is 0.478 e. The first-order valence-corrected chi connectivity index (χ1v) is 6.90. The molecule has 0 radical (unpaired) electrons. The van der Waals surface area contributed by atoms with Gasteiger partial charge in [-0.05, 0) is 29.9 Å². The SMILES string of the molecule is CCCCCSCc1ccc(C(=O)O)cc1F. The highest BCUT2D eigenvalue weighted by atomic mass is 32.2. The monoisotopic (exact) mass is 256 g/mol. The lowest BCUT2D eigenvalue weighted by molar-refractivity contribution is 0.0696. The highest BCUT2D eigenvalue weighted by Gasteiger charge is 2.07. The van der Waals surface area contributed by atoms with Crippen molar-refractivity contribution in [1.29, 1.82) is 0 Å². The van der Waals surface area contributed by atoms with Crippen molar-refractivity contribution in [3.8, 4) is 0 Å². The summed E-state index contributed by atoms with van der Waals surface area (Å²) in [6.07, 6.45) is 3.53. The molecule has 0 heterocycles. The summed E-state index contributed by atoms with van der Waals surface area (Å²) in [7, 11) is 0. The van der Waals surface area contributed by atoms with Crippen molar-refractivity contribution in [2.45, 2.75) is 31.9 Å². The van der Waals surface area contributed by atoms with Crippen LogP contribution in [0.1, 0.15) is 42.1 Å². The number of rotatable bonds is 7. The zero-order chi connectivity index (χ0) is 12.7. The van der Waals surface area contributed by atoms with Crippen molar-refractivity contribution < 1.29 is 14.3 Å². The van der Waals surface area contributed by atoms with Crippen molar-refractivity contribution in [2.75, 3.05) is 5.75 Å². The Bertz CT molecular complexity index is 380. The van der Waals surface area contributed by atoms with Crippen LogP contribution < -0.4 is 0 Å². The Morgan fingerprint density at radius 2 is 2.18 bits per heavy atom. The minimum Gasteiger partial charge on any atom is -0.478 e. The molecule has 0 fully saturated rings. The van der Waals surface area contributed by atoms with Crippen LogP contribution in [0.3, 0.4) is 0 Å². The van der Waals surface area contributed by atoms with Crippen molar-refractivity contribution >= 4 is 17.7 Å². The van der Waals surface area contributed by atoms with Gasteiger partial charge in [0.25, 0.3) is 0 Å². The highest BCUT2D eigenvalue weighted by Crippen LogP contribution is 2.18. The van der Waals surface area contributed by atoms with Crippen LogP contribution in [0, 0.1) is 5.82 Å². The zero-order valence-electron chi connectivity index (χ0n) is 9.91. The molecule has 0 saturated heterocycles. The van der Waals surface area contributed by atoms with Crippen LogP contribution in [0.5, 0.6) is 0 Å². The van der Waals surface area contributed by atoms with E-state index in [2.05, 4.69) is 6.92 Å². The van der Waals surface area contributed by atoms with Gasteiger partial charge in [-0.1, -0.05) is 25.8 Å². The predicted molar refractivity (Wildman–Crippen MR) is 69.0 cm³/mol. The molecule has 0 unspecified atom stereocenters. The smallest absolute Gasteiger partial charge is 0.335 e. The summed E-state index contributed by atoms with van der Waals surface area (Å²) < 4.78 is 13.5. The van der Waals surface area contributed by atoms with Gasteiger partial charge in [-0.3, -0.25) is 0 Å². The number of thioether (sulfide) groups is 1. The molecule has 0 atom stereocenters. The highest BCUT2D eigenvalue weighted by molar-refractivity contribution is 7.98. The van der Waals surface area contributed by atoms with Crippen LogP contribution in [-0.2, 0) is 5.75 Å². The maximum absolute atomic E-state index is 13.5. The van der Waals surface area contributed by atoms with E-state index < -0.39 is 11.8 Å². The van der Waals surface area contributed by atoms with E-state index in [0.717, 1.165) is 18.2 Å². The van der Waals surface area contributed by atoms with E-state index >= 15 is 0 Å². The second kappa shape index (κ2) is 7.33. The number of hydrogen-bond donors (Lipinski definition) is 1. The number of carbonyl (C=O) groups is 1. The molecule has 0 aromatic heterocycles. The maximum Gasteiger partial charge on any atom is 0.335 e. The van der Waals surface area contributed by atoms with Crippen molar-refractivity contribution in [2.24, 2.45) is 0 Å². The minimum atomic E-state index is -1.09. The summed E-state index contributed by atoms with van der Waals surface area (Å²) in [5, 5.41) is 8.70. The molecule has 0 bridgehead atoms. The van der Waals surface area contributed by atoms with Crippen molar-refractivity contribution in [1.82, 2.24) is 0 Å². The van der Waals surface area contributed by atoms with E-state index in [0.29, 0.717) is 11.3 Å². The van der Waals surface area contributed by atoms with Crippen molar-refractivity contribution in [3.05, 3.63) is 35.1 Å². The van der Waals surface area contributed by atoms with Gasteiger partial charge in [-0.2, -0.15) is 11.8 Å². The average molecular weight is 256 g/mol. The Morgan fingerprint density at radius 3 is 2.76 bits per heavy atom. The molecule has 1 aromatic carbocycles. The molecule has 0 amide bonds. The molecule has 0 aliphatic heterocycles. The van der Waals surface area contributed by atoms with Crippen LogP contribution in [0.2, 0.25) is 0 Å². The van der Waals surface area contributed by atoms with Crippen LogP contribution in [0.15, 0.2) is 18.2 Å². The van der Waals surface area contributed by atoms with Crippen molar-refractivity contribution in [3.63, 3.8) is 0 Å². The van der Waals surface area contributed by atoms with E-state index in [-0.39, 0.29) is 5.56 Å². The first kappa shape index (κ1) is 14.0. The fourth-order valence-corrected chi connectivity index (χ4v) is 2.44. The lowest BCUT2D eigenvalue weighted by atomic mass is 10.1. The summed E-state index contributed by atoms with van der Waals surface area (Å²) in [5.74, 6) is 0.114. The Morgan fingerprint density at radius 1 is 1.41 bits per heavy atom. The van der Waals surface area contributed by atoms with Gasteiger partial charge in [-0.25, -0.2) is 9.18 Å². The van der Waals surface area contributed by atoms with E-state index in [1.165, 1.54) is 18.9 Å². The van der Waals surface area contributed by atoms with E-state index in [9.17, 15) is 9.18 Å². The Kier molecular flexibility index (Phi) is 6.05. The minimum absolute atomic E-state index is 0.00207. The van der Waals surface area contributed by atoms with E-state index in [1.54, 1.807) is 17.8 Å². The maximum atomic E-state index is 13.5. The summed E-state index contributed by atoms with van der Waals surface area (Å²) >= 11 is 1.69. The summed E-state index contributed by atoms with van der Waals surface area (Å²) in [6, 6.07) is 4.10. The number of hydrogen-bond acceptors (Lipinski definition) is 2. The topological polar surface area (TPSA) is 37.3 Å². The fourth-order valence-electron chi connectivity index (χ4n) is 1.43. The van der Waals surface area contributed by atoms with Crippen LogP contribution in [0.25, 0.3) is 0 Å². The molecule has 4 heteroatoms. The first-order valence-electron chi connectivity index (χ1n) is 5.74. The number of carboxylic acids is 1. The third-order valence-electron chi connectivity index (χ3n) is 2.45. The third-order valence-corrected chi connectivity index (χ3v) is 3.54. The zero-order valence-corrected chi connectivity index (χ0v) is 10.7. The van der Waals surface area contributed by atoms with Gasteiger partial charge in [0, 0.05) is 5.75 Å². The lowest BCUT2D eigenvalue weighted by Gasteiger charge is -2.04. The Hall–Kier alpha value is -1.03. The van der Waals surface area contributed by atoms with E-state index in [1.807, 2.05) is 0 Å². The molecule has 1 N–H and O–H groups in total. The standard InChI is InChI=1S/C13H17FO2S/c1-2-3-4-7-17-9-11-6-5-10(13(15)16)8-12(11)14/h5-6,8H,2-4,7,9H2,1H3,(H,15,16). The van der Waals surface area contributed by atoms with Gasteiger partial charge in [0.05, 0.1) is 5.56 Å². The third kappa shape index (κ3) is 4.77. The lowest BCUT2D eigenvalue weighted by Crippen LogP contribution is -1.98. The molecule has 0 aliphatic rings. The molecule has 17 heavy (non-hydrogen) atoms.